The summed E-state index contributed by atoms with van der Waals surface area (Å²) in [6.45, 7) is 4.94. The monoisotopic (exact) mass is 320 g/mol. The van der Waals surface area contributed by atoms with E-state index < -0.39 is 0 Å². The summed E-state index contributed by atoms with van der Waals surface area (Å²) in [4.78, 5) is 0. The molecule has 0 aliphatic heterocycles. The molecule has 3 nitrogen and oxygen atoms in total. The second-order valence-corrected chi connectivity index (χ2v) is 5.95. The number of hydrogen-bond acceptors (Lipinski definition) is 2. The molecule has 0 unspecified atom stereocenters. The predicted molar refractivity (Wildman–Crippen MR) is 97.9 cm³/mol. The van der Waals surface area contributed by atoms with Gasteiger partial charge in [-0.15, -0.1) is 5.10 Å². The Balaban J connectivity index is 1.89. The van der Waals surface area contributed by atoms with Crippen LogP contribution in [0.3, 0.4) is 0 Å². The van der Waals surface area contributed by atoms with Crippen molar-refractivity contribution in [2.24, 2.45) is 0 Å². The zero-order valence-corrected chi connectivity index (χ0v) is 14.4. The topological polar surface area (TPSA) is 27.1 Å². The molecule has 3 aromatic rings. The highest BCUT2D eigenvalue weighted by Gasteiger charge is 2.16. The fraction of sp³-hybridized carbons (Fsp3) is 0.286. The van der Waals surface area contributed by atoms with Crippen LogP contribution in [0.1, 0.15) is 30.2 Å². The first-order valence-electron chi connectivity index (χ1n) is 8.60. The Morgan fingerprint density at radius 3 is 2.25 bits per heavy atom. The molecule has 0 saturated heterocycles. The molecule has 0 radical (unpaired) electrons. The number of benzene rings is 2. The summed E-state index contributed by atoms with van der Waals surface area (Å²) in [5.74, 6) is 0.772. The molecule has 0 saturated carbocycles. The van der Waals surface area contributed by atoms with Gasteiger partial charge < -0.3 is 4.74 Å². The molecular formula is C21H24N2O. The number of para-hydroxylation sites is 1. The van der Waals surface area contributed by atoms with Crippen molar-refractivity contribution in [2.75, 3.05) is 6.61 Å². The Labute approximate surface area is 143 Å². The maximum atomic E-state index is 5.93. The van der Waals surface area contributed by atoms with Gasteiger partial charge in [0.05, 0.1) is 12.3 Å². The lowest BCUT2D eigenvalue weighted by Crippen LogP contribution is -2.00. The van der Waals surface area contributed by atoms with Crippen LogP contribution in [0.2, 0.25) is 0 Å². The van der Waals surface area contributed by atoms with Crippen molar-refractivity contribution in [3.05, 3.63) is 77.5 Å². The molecule has 0 amide bonds. The predicted octanol–water partition coefficient (Wildman–Crippen LogP) is 4.75. The van der Waals surface area contributed by atoms with E-state index in [-0.39, 0.29) is 0 Å². The van der Waals surface area contributed by atoms with Crippen molar-refractivity contribution in [2.45, 2.75) is 33.1 Å². The molecular weight excluding hydrogens is 296 g/mol. The molecule has 0 atom stereocenters. The third-order valence-corrected chi connectivity index (χ3v) is 4.15. The average Bonchev–Trinajstić information content (AvgIpc) is 2.95. The van der Waals surface area contributed by atoms with E-state index in [4.69, 9.17) is 9.84 Å². The number of rotatable bonds is 7. The van der Waals surface area contributed by atoms with E-state index in [9.17, 15) is 0 Å². The third kappa shape index (κ3) is 3.67. The molecule has 1 aromatic heterocycles. The van der Waals surface area contributed by atoms with E-state index in [1.807, 2.05) is 22.9 Å². The molecule has 1 heterocycles. The normalized spacial score (nSPS) is 10.8. The molecule has 0 aliphatic rings. The van der Waals surface area contributed by atoms with Crippen LogP contribution in [0.25, 0.3) is 5.69 Å². The standard InChI is InChI=1S/C21H24N2O/c1-3-16-24-21-20(15-14-18-10-6-4-7-11-18)17(2)23(22-21)19-12-8-5-9-13-19/h4-13H,3,14-16H2,1-2H3. The lowest BCUT2D eigenvalue weighted by Gasteiger charge is -2.06. The van der Waals surface area contributed by atoms with Crippen LogP contribution in [0.15, 0.2) is 60.7 Å². The smallest absolute Gasteiger partial charge is 0.236 e. The molecule has 3 rings (SSSR count). The maximum absolute atomic E-state index is 5.93. The van der Waals surface area contributed by atoms with Crippen molar-refractivity contribution in [3.8, 4) is 11.6 Å². The van der Waals surface area contributed by atoms with Gasteiger partial charge in [-0.25, -0.2) is 4.68 Å². The number of hydrogen-bond donors (Lipinski definition) is 0. The van der Waals surface area contributed by atoms with E-state index in [0.29, 0.717) is 6.61 Å². The zero-order valence-electron chi connectivity index (χ0n) is 14.4. The van der Waals surface area contributed by atoms with Crippen LogP contribution < -0.4 is 4.74 Å². The number of aryl methyl sites for hydroxylation is 1. The quantitative estimate of drug-likeness (QED) is 0.628. The molecule has 0 bridgehead atoms. The zero-order chi connectivity index (χ0) is 16.8. The van der Waals surface area contributed by atoms with Gasteiger partial charge in [0, 0.05) is 11.3 Å². The van der Waals surface area contributed by atoms with Crippen LogP contribution in [-0.2, 0) is 12.8 Å². The highest BCUT2D eigenvalue weighted by molar-refractivity contribution is 5.40. The molecule has 2 aromatic carbocycles. The van der Waals surface area contributed by atoms with Gasteiger partial charge >= 0.3 is 0 Å². The van der Waals surface area contributed by atoms with Crippen LogP contribution in [0.4, 0.5) is 0 Å². The van der Waals surface area contributed by atoms with E-state index in [1.165, 1.54) is 11.1 Å². The van der Waals surface area contributed by atoms with E-state index in [0.717, 1.165) is 36.5 Å². The van der Waals surface area contributed by atoms with Gasteiger partial charge in [-0.3, -0.25) is 0 Å². The van der Waals surface area contributed by atoms with Gasteiger partial charge in [0.15, 0.2) is 0 Å². The second kappa shape index (κ2) is 7.82. The lowest BCUT2D eigenvalue weighted by atomic mass is 10.0. The third-order valence-electron chi connectivity index (χ3n) is 4.15. The first-order valence-corrected chi connectivity index (χ1v) is 8.60. The lowest BCUT2D eigenvalue weighted by molar-refractivity contribution is 0.300. The summed E-state index contributed by atoms with van der Waals surface area (Å²) in [7, 11) is 0. The number of ether oxygens (including phenoxy) is 1. The Bertz CT molecular complexity index is 763. The van der Waals surface area contributed by atoms with Crippen LogP contribution in [0, 0.1) is 6.92 Å². The van der Waals surface area contributed by atoms with Crippen molar-refractivity contribution < 1.29 is 4.74 Å². The fourth-order valence-corrected chi connectivity index (χ4v) is 2.85. The van der Waals surface area contributed by atoms with E-state index in [1.54, 1.807) is 0 Å². The maximum Gasteiger partial charge on any atom is 0.236 e. The first kappa shape index (κ1) is 16.3. The van der Waals surface area contributed by atoms with Gasteiger partial charge in [0.1, 0.15) is 0 Å². The summed E-state index contributed by atoms with van der Waals surface area (Å²) in [6, 6.07) is 20.8. The highest BCUT2D eigenvalue weighted by atomic mass is 16.5. The van der Waals surface area contributed by atoms with Gasteiger partial charge in [-0.05, 0) is 43.9 Å². The molecule has 0 spiro atoms. The summed E-state index contributed by atoms with van der Waals surface area (Å²) >= 11 is 0. The molecule has 124 valence electrons. The van der Waals surface area contributed by atoms with Gasteiger partial charge in [-0.1, -0.05) is 55.5 Å². The Morgan fingerprint density at radius 2 is 1.58 bits per heavy atom. The SMILES string of the molecule is CCCOc1nn(-c2ccccc2)c(C)c1CCc1ccccc1. The highest BCUT2D eigenvalue weighted by Crippen LogP contribution is 2.26. The minimum absolute atomic E-state index is 0.698. The first-order chi connectivity index (χ1) is 11.8. The largest absolute Gasteiger partial charge is 0.476 e. The molecule has 24 heavy (non-hydrogen) atoms. The van der Waals surface area contributed by atoms with Crippen molar-refractivity contribution in [1.29, 1.82) is 0 Å². The fourth-order valence-electron chi connectivity index (χ4n) is 2.85. The van der Waals surface area contributed by atoms with Crippen LogP contribution in [0.5, 0.6) is 5.88 Å². The Hall–Kier alpha value is -2.55. The van der Waals surface area contributed by atoms with Gasteiger partial charge in [-0.2, -0.15) is 0 Å². The minimum Gasteiger partial charge on any atom is -0.476 e. The average molecular weight is 320 g/mol. The molecule has 3 heteroatoms. The molecule has 0 N–H and O–H groups in total. The minimum atomic E-state index is 0.698. The number of aromatic nitrogens is 2. The summed E-state index contributed by atoms with van der Waals surface area (Å²) < 4.78 is 7.92. The molecule has 0 fully saturated rings. The van der Waals surface area contributed by atoms with Crippen LogP contribution >= 0.6 is 0 Å². The van der Waals surface area contributed by atoms with Crippen molar-refractivity contribution >= 4 is 0 Å². The molecule has 0 aliphatic carbocycles. The van der Waals surface area contributed by atoms with Gasteiger partial charge in [0.25, 0.3) is 0 Å². The van der Waals surface area contributed by atoms with Crippen molar-refractivity contribution in [1.82, 2.24) is 9.78 Å². The summed E-state index contributed by atoms with van der Waals surface area (Å²) in [5.41, 5.74) is 4.77. The summed E-state index contributed by atoms with van der Waals surface area (Å²) in [5, 5.41) is 4.72. The second-order valence-electron chi connectivity index (χ2n) is 5.95. The van der Waals surface area contributed by atoms with Crippen molar-refractivity contribution in [3.63, 3.8) is 0 Å². The Morgan fingerprint density at radius 1 is 0.917 bits per heavy atom. The van der Waals surface area contributed by atoms with Gasteiger partial charge in [0.2, 0.25) is 5.88 Å². The Kier molecular flexibility index (Phi) is 5.32. The summed E-state index contributed by atoms with van der Waals surface area (Å²) in [6.07, 6.45) is 2.90. The number of nitrogens with zero attached hydrogens (tertiary/aromatic N) is 2. The van der Waals surface area contributed by atoms with Crippen LogP contribution in [-0.4, -0.2) is 16.4 Å². The van der Waals surface area contributed by atoms with E-state index >= 15 is 0 Å². The van der Waals surface area contributed by atoms with E-state index in [2.05, 4.69) is 56.3 Å².